The van der Waals surface area contributed by atoms with Crippen LogP contribution in [0.25, 0.3) is 0 Å². The largest absolute Gasteiger partial charge is 0.421 e. The van der Waals surface area contributed by atoms with Crippen molar-refractivity contribution in [3.63, 3.8) is 0 Å². The Kier molecular flexibility index (Phi) is 11.1. The fourth-order valence-electron chi connectivity index (χ4n) is 6.29. The third-order valence-corrected chi connectivity index (χ3v) is 10.5. The second-order valence-corrected chi connectivity index (χ2v) is 14.9. The Balaban J connectivity index is 1.07. The van der Waals surface area contributed by atoms with Crippen molar-refractivity contribution in [3.05, 3.63) is 78.1 Å². The monoisotopic (exact) mass is 768 g/mol. The molecule has 0 unspecified atom stereocenters. The van der Waals surface area contributed by atoms with Crippen LogP contribution in [0.4, 0.5) is 52.6 Å². The van der Waals surface area contributed by atoms with E-state index in [1.165, 1.54) is 19.4 Å². The highest BCUT2D eigenvalue weighted by Crippen LogP contribution is 2.35. The minimum atomic E-state index is -4.77. The number of hydrogen-bond donors (Lipinski definition) is 3. The first-order chi connectivity index (χ1) is 25.7. The van der Waals surface area contributed by atoms with E-state index in [9.17, 15) is 31.2 Å². The van der Waals surface area contributed by atoms with Crippen molar-refractivity contribution in [1.82, 2.24) is 35.1 Å². The number of amides is 3. The van der Waals surface area contributed by atoms with Crippen molar-refractivity contribution < 1.29 is 31.2 Å². The van der Waals surface area contributed by atoms with E-state index >= 15 is 0 Å². The molecule has 0 atom stereocenters. The molecule has 16 nitrogen and oxygen atoms in total. The summed E-state index contributed by atoms with van der Waals surface area (Å²) in [7, 11) is -0.378. The van der Waals surface area contributed by atoms with Gasteiger partial charge in [-0.15, -0.1) is 0 Å². The quantitative estimate of drug-likeness (QED) is 0.189. The Labute approximate surface area is 309 Å². The molecule has 3 amide bonds. The summed E-state index contributed by atoms with van der Waals surface area (Å²) in [5.41, 5.74) is 2.17. The van der Waals surface area contributed by atoms with Crippen molar-refractivity contribution in [2.45, 2.75) is 44.6 Å². The maximum atomic E-state index is 13.9. The normalized spacial score (nSPS) is 15.7. The molecular formula is C34H39F3N12O4S. The lowest BCUT2D eigenvalue weighted by atomic mass is 10.0. The van der Waals surface area contributed by atoms with E-state index in [0.717, 1.165) is 47.7 Å². The van der Waals surface area contributed by atoms with Gasteiger partial charge in [0.2, 0.25) is 21.9 Å². The highest BCUT2D eigenvalue weighted by molar-refractivity contribution is 7.92. The molecule has 2 saturated heterocycles. The predicted octanol–water partition coefficient (Wildman–Crippen LogP) is 3.98. The number of rotatable bonds is 12. The van der Waals surface area contributed by atoms with Gasteiger partial charge in [0.15, 0.2) is 5.82 Å². The molecule has 286 valence electrons. The molecule has 1 aromatic carbocycles. The van der Waals surface area contributed by atoms with Crippen LogP contribution in [0.15, 0.2) is 61.3 Å². The Hall–Kier alpha value is -5.63. The van der Waals surface area contributed by atoms with Crippen molar-refractivity contribution >= 4 is 56.6 Å². The first-order valence-corrected chi connectivity index (χ1v) is 18.8. The summed E-state index contributed by atoms with van der Waals surface area (Å²) < 4.78 is 66.7. The van der Waals surface area contributed by atoms with Gasteiger partial charge in [-0.25, -0.2) is 23.2 Å². The topological polar surface area (TPSA) is 182 Å². The number of alkyl halides is 3. The van der Waals surface area contributed by atoms with Crippen molar-refractivity contribution in [1.29, 1.82) is 0 Å². The molecule has 0 spiro atoms. The molecule has 4 aromatic rings. The summed E-state index contributed by atoms with van der Waals surface area (Å²) in [6.45, 7) is 2.20. The number of sulfonamides is 1. The number of nitrogens with zero attached hydrogens (tertiary/aromatic N) is 9. The van der Waals surface area contributed by atoms with E-state index in [2.05, 4.69) is 57.7 Å². The number of carbonyl (C=O) groups excluding carboxylic acids is 2. The lowest BCUT2D eigenvalue weighted by Gasteiger charge is -2.38. The van der Waals surface area contributed by atoms with Gasteiger partial charge in [-0.2, -0.15) is 18.2 Å². The van der Waals surface area contributed by atoms with E-state index in [-0.39, 0.29) is 36.3 Å². The van der Waals surface area contributed by atoms with Crippen LogP contribution in [0.3, 0.4) is 0 Å². The summed E-state index contributed by atoms with van der Waals surface area (Å²) >= 11 is 0. The van der Waals surface area contributed by atoms with E-state index in [4.69, 9.17) is 0 Å². The van der Waals surface area contributed by atoms with Gasteiger partial charge in [0.05, 0.1) is 24.7 Å². The third-order valence-electron chi connectivity index (χ3n) is 9.29. The molecule has 0 saturated carbocycles. The number of pyridine rings is 1. The average molecular weight is 769 g/mol. The van der Waals surface area contributed by atoms with E-state index in [0.29, 0.717) is 36.7 Å². The summed E-state index contributed by atoms with van der Waals surface area (Å²) in [6, 6.07) is 9.17. The molecule has 2 aliphatic rings. The number of imide groups is 1. The first-order valence-electron chi connectivity index (χ1n) is 17.0. The Morgan fingerprint density at radius 2 is 1.69 bits per heavy atom. The summed E-state index contributed by atoms with van der Waals surface area (Å²) in [6.07, 6.45) is 4.85. The van der Waals surface area contributed by atoms with Crippen LogP contribution in [-0.4, -0.2) is 96.2 Å². The fraction of sp³-hybridized carbons (Fsp3) is 0.382. The number of urea groups is 1. The minimum absolute atomic E-state index is 0.0336. The van der Waals surface area contributed by atoms with Gasteiger partial charge in [0, 0.05) is 81.9 Å². The van der Waals surface area contributed by atoms with Gasteiger partial charge in [-0.3, -0.25) is 34.2 Å². The number of piperidine rings is 1. The van der Waals surface area contributed by atoms with E-state index < -0.39 is 33.6 Å². The highest BCUT2D eigenvalue weighted by atomic mass is 32.2. The fourth-order valence-corrected chi connectivity index (χ4v) is 6.76. The van der Waals surface area contributed by atoms with Gasteiger partial charge in [0.25, 0.3) is 0 Å². The van der Waals surface area contributed by atoms with Crippen LogP contribution < -0.4 is 30.1 Å². The smallest absolute Gasteiger partial charge is 0.371 e. The SMILES string of the molecule is CN(Cc1ccncc1N1CCC(=O)NC1=O)C1CCN(c2ccc(Nc3ncc(C(F)(F)F)c(NCc4nccnc4N(C)S(C)(=O)=O)n3)cc2)CC1. The lowest BCUT2D eigenvalue weighted by Crippen LogP contribution is -2.50. The molecule has 6 rings (SSSR count). The van der Waals surface area contributed by atoms with Crippen molar-refractivity contribution in [3.8, 4) is 0 Å². The van der Waals surface area contributed by atoms with Gasteiger partial charge in [-0.05, 0) is 55.8 Å². The van der Waals surface area contributed by atoms with E-state index in [1.807, 2.05) is 18.2 Å². The van der Waals surface area contributed by atoms with Crippen LogP contribution >= 0.6 is 0 Å². The number of anilines is 6. The molecule has 0 aliphatic carbocycles. The number of aromatic nitrogens is 5. The second kappa shape index (κ2) is 15.8. The number of halogens is 3. The molecule has 2 aliphatic heterocycles. The molecule has 3 aromatic heterocycles. The van der Waals surface area contributed by atoms with Crippen molar-refractivity contribution in [2.75, 3.05) is 64.7 Å². The maximum Gasteiger partial charge on any atom is 0.421 e. The standard InChI is InChI=1S/C34H39F3N12O4S/c1-46(21-22-8-12-38-20-28(22)49-17-11-29(50)44-33(49)51)24-9-15-48(16-10-24)25-6-4-23(5-7-25)43-32-42-18-26(34(35,36)37)30(45-32)41-19-27-31(40-14-13-39-27)47(2)54(3,52)53/h4-8,12-14,18,20,24H,9-11,15-17,19,21H2,1-3H3,(H,44,50,51)(H2,41,42,43,45). The van der Waals surface area contributed by atoms with E-state index in [1.54, 1.807) is 29.4 Å². The molecule has 5 heterocycles. The zero-order chi connectivity index (χ0) is 38.6. The number of carbonyl (C=O) groups is 2. The molecule has 54 heavy (non-hydrogen) atoms. The summed E-state index contributed by atoms with van der Waals surface area (Å²) in [5, 5.41) is 7.96. The van der Waals surface area contributed by atoms with Crippen LogP contribution in [0.1, 0.15) is 36.1 Å². The average Bonchev–Trinajstić information content (AvgIpc) is 3.14. The number of benzene rings is 1. The maximum absolute atomic E-state index is 13.9. The molecule has 2 fully saturated rings. The highest BCUT2D eigenvalue weighted by Gasteiger charge is 2.35. The molecule has 0 radical (unpaired) electrons. The first kappa shape index (κ1) is 38.1. The summed E-state index contributed by atoms with van der Waals surface area (Å²) in [5.74, 6) is -0.923. The molecule has 0 bridgehead atoms. The molecular weight excluding hydrogens is 730 g/mol. The van der Waals surface area contributed by atoms with Crippen LogP contribution in [0.5, 0.6) is 0 Å². The van der Waals surface area contributed by atoms with Crippen LogP contribution in [0, 0.1) is 0 Å². The van der Waals surface area contributed by atoms with Gasteiger partial charge in [0.1, 0.15) is 17.1 Å². The van der Waals surface area contributed by atoms with Gasteiger partial charge < -0.3 is 15.5 Å². The van der Waals surface area contributed by atoms with Crippen LogP contribution in [-0.2, 0) is 34.1 Å². The zero-order valence-corrected chi connectivity index (χ0v) is 30.5. The lowest BCUT2D eigenvalue weighted by molar-refractivity contribution is -0.137. The number of nitrogens with one attached hydrogen (secondary N) is 3. The molecule has 3 N–H and O–H groups in total. The van der Waals surface area contributed by atoms with Crippen LogP contribution in [0.2, 0.25) is 0 Å². The molecule has 20 heteroatoms. The Morgan fingerprint density at radius 3 is 2.37 bits per heavy atom. The number of hydrogen-bond acceptors (Lipinski definition) is 13. The summed E-state index contributed by atoms with van der Waals surface area (Å²) in [4.78, 5) is 50.5. The third kappa shape index (κ3) is 8.93. The van der Waals surface area contributed by atoms with Gasteiger partial charge >= 0.3 is 12.2 Å². The minimum Gasteiger partial charge on any atom is -0.371 e. The van der Waals surface area contributed by atoms with Gasteiger partial charge in [-0.1, -0.05) is 0 Å². The second-order valence-electron chi connectivity index (χ2n) is 12.9. The Bertz CT molecular complexity index is 2100. The Morgan fingerprint density at radius 1 is 0.963 bits per heavy atom. The predicted molar refractivity (Wildman–Crippen MR) is 196 cm³/mol. The van der Waals surface area contributed by atoms with Crippen molar-refractivity contribution in [2.24, 2.45) is 0 Å². The zero-order valence-electron chi connectivity index (χ0n) is 29.7.